The van der Waals surface area contributed by atoms with Gasteiger partial charge in [-0.1, -0.05) is 0 Å². The molecule has 1 rings (SSSR count). The molecule has 0 unspecified atom stereocenters. The molecule has 0 amide bonds. The van der Waals surface area contributed by atoms with Crippen LogP contribution >= 0.6 is 0 Å². The minimum Gasteiger partial charge on any atom is -0.456 e. The molecule has 0 radical (unpaired) electrons. The maximum absolute atomic E-state index is 11.4. The third-order valence-corrected chi connectivity index (χ3v) is 3.02. The van der Waals surface area contributed by atoms with E-state index in [1.165, 1.54) is 14.0 Å². The fourth-order valence-electron chi connectivity index (χ4n) is 2.30. The lowest BCUT2D eigenvalue weighted by Gasteiger charge is -2.43. The highest BCUT2D eigenvalue weighted by molar-refractivity contribution is 5.68. The van der Waals surface area contributed by atoms with Crippen LogP contribution in [-0.2, 0) is 38.1 Å². The topological polar surface area (TPSA) is 121 Å². The number of ether oxygens (including phenoxy) is 5. The van der Waals surface area contributed by atoms with Crippen LogP contribution in [0.25, 0.3) is 0 Å². The molecule has 1 heterocycles. The van der Waals surface area contributed by atoms with Gasteiger partial charge in [0, 0.05) is 27.9 Å². The molecule has 0 N–H and O–H groups in total. The van der Waals surface area contributed by atoms with Crippen molar-refractivity contribution in [2.75, 3.05) is 7.11 Å². The molecule has 9 heteroatoms. The Labute approximate surface area is 133 Å². The van der Waals surface area contributed by atoms with Crippen molar-refractivity contribution in [3.63, 3.8) is 0 Å². The first-order valence-electron chi connectivity index (χ1n) is 6.87. The second-order valence-electron chi connectivity index (χ2n) is 4.86. The minimum atomic E-state index is -1.16. The third-order valence-electron chi connectivity index (χ3n) is 3.02. The molecule has 1 aliphatic rings. The number of methoxy groups -OCH3 is 1. The maximum Gasteiger partial charge on any atom is 0.303 e. The second kappa shape index (κ2) is 8.45. The van der Waals surface area contributed by atoms with Gasteiger partial charge in [0.25, 0.3) is 0 Å². The molecule has 0 aromatic heterocycles. The van der Waals surface area contributed by atoms with E-state index in [2.05, 4.69) is 0 Å². The molecule has 0 aromatic carbocycles. The first kappa shape index (κ1) is 18.9. The molecule has 0 aromatic rings. The van der Waals surface area contributed by atoms with Crippen molar-refractivity contribution in [3.05, 3.63) is 0 Å². The molecular weight excluding hydrogens is 310 g/mol. The third kappa shape index (κ3) is 5.19. The Bertz CT molecular complexity index is 499. The Morgan fingerprint density at radius 3 is 1.87 bits per heavy atom. The van der Waals surface area contributed by atoms with Crippen molar-refractivity contribution in [1.82, 2.24) is 0 Å². The van der Waals surface area contributed by atoms with Crippen LogP contribution in [0.5, 0.6) is 0 Å². The summed E-state index contributed by atoms with van der Waals surface area (Å²) in [6.07, 6.45) is -5.51. The fourth-order valence-corrected chi connectivity index (χ4v) is 2.30. The highest BCUT2D eigenvalue weighted by Gasteiger charge is 2.51. The zero-order valence-corrected chi connectivity index (χ0v) is 13.3. The van der Waals surface area contributed by atoms with Crippen LogP contribution in [0.15, 0.2) is 0 Å². The molecule has 0 saturated carbocycles. The standard InChI is InChI=1S/C14H19NO8/c1-7(16)20-11-10(5-6-15)23-14(19-4)13(22-9(3)18)12(11)21-8(2)17/h10-14H,5H2,1-4H3/t10-,11-,12+,13-,14+/m1/s1. The van der Waals surface area contributed by atoms with Gasteiger partial charge in [-0.3, -0.25) is 14.4 Å². The van der Waals surface area contributed by atoms with E-state index in [-0.39, 0.29) is 6.42 Å². The van der Waals surface area contributed by atoms with Gasteiger partial charge in [0.05, 0.1) is 12.5 Å². The Morgan fingerprint density at radius 2 is 1.43 bits per heavy atom. The summed E-state index contributed by atoms with van der Waals surface area (Å²) in [6, 6.07) is 1.89. The predicted molar refractivity (Wildman–Crippen MR) is 72.6 cm³/mol. The number of carbonyl (C=O) groups is 3. The molecule has 0 spiro atoms. The number of nitrogens with zero attached hydrogens (tertiary/aromatic N) is 1. The summed E-state index contributed by atoms with van der Waals surface area (Å²) in [5, 5.41) is 8.90. The number of esters is 3. The molecule has 1 fully saturated rings. The Balaban J connectivity index is 3.20. The van der Waals surface area contributed by atoms with E-state index in [0.29, 0.717) is 0 Å². The molecular formula is C14H19NO8. The summed E-state index contributed by atoms with van der Waals surface area (Å²) in [4.78, 5) is 34.0. The van der Waals surface area contributed by atoms with Crippen LogP contribution in [0.2, 0.25) is 0 Å². The molecule has 0 bridgehead atoms. The van der Waals surface area contributed by atoms with Crippen LogP contribution in [-0.4, -0.2) is 55.7 Å². The van der Waals surface area contributed by atoms with Gasteiger partial charge in [-0.05, 0) is 0 Å². The maximum atomic E-state index is 11.4. The van der Waals surface area contributed by atoms with Gasteiger partial charge < -0.3 is 23.7 Å². The number of hydrogen-bond donors (Lipinski definition) is 0. The molecule has 23 heavy (non-hydrogen) atoms. The van der Waals surface area contributed by atoms with Crippen LogP contribution in [0.1, 0.15) is 27.2 Å². The zero-order chi connectivity index (χ0) is 17.6. The average molecular weight is 329 g/mol. The van der Waals surface area contributed by atoms with Crippen LogP contribution in [0.3, 0.4) is 0 Å². The summed E-state index contributed by atoms with van der Waals surface area (Å²) >= 11 is 0. The summed E-state index contributed by atoms with van der Waals surface area (Å²) in [5.74, 6) is -1.98. The summed E-state index contributed by atoms with van der Waals surface area (Å²) in [5.41, 5.74) is 0. The number of rotatable bonds is 5. The number of nitriles is 1. The highest BCUT2D eigenvalue weighted by atomic mass is 16.7. The van der Waals surface area contributed by atoms with Gasteiger partial charge >= 0.3 is 17.9 Å². The van der Waals surface area contributed by atoms with Gasteiger partial charge in [-0.25, -0.2) is 0 Å². The lowest BCUT2D eigenvalue weighted by Crippen LogP contribution is -2.61. The van der Waals surface area contributed by atoms with E-state index in [0.717, 1.165) is 13.8 Å². The van der Waals surface area contributed by atoms with Crippen molar-refractivity contribution in [3.8, 4) is 6.07 Å². The van der Waals surface area contributed by atoms with E-state index >= 15 is 0 Å². The first-order chi connectivity index (χ1) is 10.8. The SMILES string of the molecule is CO[C@H]1O[C@H](CC#N)[C@@H](OC(C)=O)[C@H](OC(C)=O)[C@H]1OC(C)=O. The normalized spacial score (nSPS) is 30.0. The molecule has 1 aliphatic heterocycles. The fraction of sp³-hybridized carbons (Fsp3) is 0.714. The number of carbonyl (C=O) groups excluding carboxylic acids is 3. The quantitative estimate of drug-likeness (QED) is 0.509. The Hall–Kier alpha value is -2.18. The average Bonchev–Trinajstić information content (AvgIpc) is 2.43. The molecule has 128 valence electrons. The van der Waals surface area contributed by atoms with Crippen molar-refractivity contribution < 1.29 is 38.1 Å². The summed E-state index contributed by atoms with van der Waals surface area (Å²) < 4.78 is 26.0. The van der Waals surface area contributed by atoms with Gasteiger partial charge in [-0.2, -0.15) is 5.26 Å². The molecule has 1 saturated heterocycles. The lowest BCUT2D eigenvalue weighted by atomic mass is 9.96. The van der Waals surface area contributed by atoms with Crippen molar-refractivity contribution in [1.29, 1.82) is 5.26 Å². The Morgan fingerprint density at radius 1 is 0.957 bits per heavy atom. The smallest absolute Gasteiger partial charge is 0.303 e. The van der Waals surface area contributed by atoms with E-state index in [9.17, 15) is 14.4 Å². The van der Waals surface area contributed by atoms with E-state index in [4.69, 9.17) is 28.9 Å². The van der Waals surface area contributed by atoms with Crippen LogP contribution in [0, 0.1) is 11.3 Å². The second-order valence-corrected chi connectivity index (χ2v) is 4.86. The van der Waals surface area contributed by atoms with Gasteiger partial charge in [0.1, 0.15) is 6.10 Å². The Kier molecular flexibility index (Phi) is 6.93. The predicted octanol–water partition coefficient (Wildman–Crippen LogP) is 0.0665. The summed E-state index contributed by atoms with van der Waals surface area (Å²) in [6.45, 7) is 3.49. The van der Waals surface area contributed by atoms with E-state index < -0.39 is 48.6 Å². The largest absolute Gasteiger partial charge is 0.456 e. The van der Waals surface area contributed by atoms with Gasteiger partial charge in [-0.15, -0.1) is 0 Å². The first-order valence-corrected chi connectivity index (χ1v) is 6.87. The van der Waals surface area contributed by atoms with Crippen molar-refractivity contribution in [2.24, 2.45) is 0 Å². The van der Waals surface area contributed by atoms with Gasteiger partial charge in [0.15, 0.2) is 24.6 Å². The van der Waals surface area contributed by atoms with Crippen molar-refractivity contribution >= 4 is 17.9 Å². The molecule has 9 nitrogen and oxygen atoms in total. The van der Waals surface area contributed by atoms with E-state index in [1.54, 1.807) is 0 Å². The van der Waals surface area contributed by atoms with E-state index in [1.807, 2.05) is 6.07 Å². The van der Waals surface area contributed by atoms with Crippen molar-refractivity contribution in [2.45, 2.75) is 57.9 Å². The van der Waals surface area contributed by atoms with Crippen LogP contribution < -0.4 is 0 Å². The minimum absolute atomic E-state index is 0.137. The zero-order valence-electron chi connectivity index (χ0n) is 13.3. The van der Waals surface area contributed by atoms with Gasteiger partial charge in [0.2, 0.25) is 0 Å². The molecule has 0 aliphatic carbocycles. The monoisotopic (exact) mass is 329 g/mol. The molecule has 5 atom stereocenters. The highest BCUT2D eigenvalue weighted by Crippen LogP contribution is 2.30. The lowest BCUT2D eigenvalue weighted by molar-refractivity contribution is -0.297. The van der Waals surface area contributed by atoms with Crippen LogP contribution in [0.4, 0.5) is 0 Å². The summed E-state index contributed by atoms with van der Waals surface area (Å²) in [7, 11) is 1.31. The number of hydrogen-bond acceptors (Lipinski definition) is 9.